The average Bonchev–Trinajstić information content (AvgIpc) is 3.55. The fraction of sp³-hybridized carbons (Fsp3) is 0.343. The lowest BCUT2D eigenvalue weighted by molar-refractivity contribution is 0.0690. The molecule has 1 saturated carbocycles. The smallest absolute Gasteiger partial charge is 0.265 e. The summed E-state index contributed by atoms with van der Waals surface area (Å²) in [5.41, 5.74) is 7.18. The number of aryl methyl sites for hydroxylation is 2. The summed E-state index contributed by atoms with van der Waals surface area (Å²) in [5.74, 6) is -0.0446. The lowest BCUT2D eigenvalue weighted by Crippen LogP contribution is -2.54. The second kappa shape index (κ2) is 11.9. The summed E-state index contributed by atoms with van der Waals surface area (Å²) in [4.78, 5) is 36.1. The van der Waals surface area contributed by atoms with Gasteiger partial charge in [0.25, 0.3) is 11.5 Å². The molecule has 1 spiro atoms. The Morgan fingerprint density at radius 3 is 2.42 bits per heavy atom. The SMILES string of the molecule is CCc1cccc(CC)c1-n1c(C=C(C)C)c(C(=O)N2CCNC3(CC3)C2)cc(-c2nc(-c3ccc(Cl)cc3)cs2)c1=O. The number of para-hydroxylation sites is 1. The van der Waals surface area contributed by atoms with Crippen LogP contribution in [0, 0.1) is 0 Å². The van der Waals surface area contributed by atoms with E-state index < -0.39 is 0 Å². The first-order chi connectivity index (χ1) is 20.7. The molecular formula is C35H37ClN4O2S. The van der Waals surface area contributed by atoms with E-state index in [2.05, 4.69) is 37.4 Å². The normalized spacial score (nSPS) is 15.5. The highest BCUT2D eigenvalue weighted by Crippen LogP contribution is 2.38. The molecule has 1 aliphatic carbocycles. The van der Waals surface area contributed by atoms with Crippen LogP contribution in [0.4, 0.5) is 0 Å². The number of nitrogens with one attached hydrogen (secondary N) is 1. The van der Waals surface area contributed by atoms with Gasteiger partial charge in [0.2, 0.25) is 0 Å². The summed E-state index contributed by atoms with van der Waals surface area (Å²) in [6, 6.07) is 15.5. The molecule has 43 heavy (non-hydrogen) atoms. The number of pyridine rings is 1. The first-order valence-corrected chi connectivity index (χ1v) is 16.3. The highest BCUT2D eigenvalue weighted by atomic mass is 35.5. The fourth-order valence-corrected chi connectivity index (χ4v) is 6.99. The van der Waals surface area contributed by atoms with Crippen LogP contribution in [0.5, 0.6) is 0 Å². The lowest BCUT2D eigenvalue weighted by atomic mass is 9.99. The molecule has 0 radical (unpaired) electrons. The largest absolute Gasteiger partial charge is 0.335 e. The van der Waals surface area contributed by atoms with Gasteiger partial charge < -0.3 is 10.2 Å². The molecule has 0 bridgehead atoms. The summed E-state index contributed by atoms with van der Waals surface area (Å²) in [5, 5.41) is 6.81. The highest BCUT2D eigenvalue weighted by Gasteiger charge is 2.46. The summed E-state index contributed by atoms with van der Waals surface area (Å²) in [6.45, 7) is 10.3. The third-order valence-electron chi connectivity index (χ3n) is 8.47. The first-order valence-electron chi connectivity index (χ1n) is 15.1. The van der Waals surface area contributed by atoms with Crippen molar-refractivity contribution in [3.05, 3.63) is 97.2 Å². The van der Waals surface area contributed by atoms with Gasteiger partial charge in [-0.3, -0.25) is 14.2 Å². The van der Waals surface area contributed by atoms with Crippen LogP contribution in [0.3, 0.4) is 0 Å². The number of carbonyl (C=O) groups excluding carboxylic acids is 1. The zero-order valence-corrected chi connectivity index (χ0v) is 26.7. The number of carbonyl (C=O) groups is 1. The maximum Gasteiger partial charge on any atom is 0.265 e. The minimum absolute atomic E-state index is 0.0366. The van der Waals surface area contributed by atoms with Gasteiger partial charge in [-0.25, -0.2) is 4.98 Å². The van der Waals surface area contributed by atoms with Gasteiger partial charge in [-0.2, -0.15) is 0 Å². The van der Waals surface area contributed by atoms with Crippen molar-refractivity contribution in [1.29, 1.82) is 0 Å². The molecule has 1 saturated heterocycles. The number of nitrogens with zero attached hydrogens (tertiary/aromatic N) is 3. The molecule has 2 fully saturated rings. The minimum Gasteiger partial charge on any atom is -0.335 e. The fourth-order valence-electron chi connectivity index (χ4n) is 6.03. The van der Waals surface area contributed by atoms with Crippen LogP contribution < -0.4 is 10.9 Å². The number of hydrogen-bond acceptors (Lipinski definition) is 5. The van der Waals surface area contributed by atoms with Crippen LogP contribution in [0.15, 0.2) is 64.3 Å². The number of amides is 1. The van der Waals surface area contributed by atoms with E-state index >= 15 is 0 Å². The maximum absolute atomic E-state index is 14.7. The van der Waals surface area contributed by atoms with Crippen molar-refractivity contribution in [2.24, 2.45) is 0 Å². The number of halogens is 1. The maximum atomic E-state index is 14.7. The second-order valence-corrected chi connectivity index (χ2v) is 13.1. The van der Waals surface area contributed by atoms with E-state index in [0.29, 0.717) is 39.9 Å². The van der Waals surface area contributed by atoms with Crippen LogP contribution in [0.25, 0.3) is 33.6 Å². The Kier molecular flexibility index (Phi) is 8.16. The van der Waals surface area contributed by atoms with Crippen molar-refractivity contribution in [1.82, 2.24) is 19.8 Å². The predicted molar refractivity (Wildman–Crippen MR) is 178 cm³/mol. The molecule has 222 valence electrons. The van der Waals surface area contributed by atoms with Crippen molar-refractivity contribution in [2.75, 3.05) is 19.6 Å². The van der Waals surface area contributed by atoms with E-state index in [4.69, 9.17) is 16.6 Å². The van der Waals surface area contributed by atoms with E-state index in [1.807, 2.05) is 54.5 Å². The minimum atomic E-state index is -0.171. The quantitative estimate of drug-likeness (QED) is 0.236. The number of allylic oxidation sites excluding steroid dienone is 1. The number of rotatable bonds is 7. The van der Waals surface area contributed by atoms with Crippen LogP contribution >= 0.6 is 22.9 Å². The van der Waals surface area contributed by atoms with Gasteiger partial charge in [-0.15, -0.1) is 11.3 Å². The standard InChI is InChI=1S/C35H37ClN4O2S/c1-5-23-8-7-9-24(6-2)31(23)40-30(18-22(3)4)27(33(41)39-17-16-37-35(21-39)14-15-35)19-28(34(40)42)32-38-29(20-43-32)25-10-12-26(36)13-11-25/h7-13,18-20,37H,5-6,14-17,21H2,1-4H3. The van der Waals surface area contributed by atoms with Crippen molar-refractivity contribution in [3.8, 4) is 27.5 Å². The Morgan fingerprint density at radius 2 is 1.79 bits per heavy atom. The Morgan fingerprint density at radius 1 is 1.09 bits per heavy atom. The Labute approximate surface area is 262 Å². The molecule has 2 aromatic heterocycles. The molecule has 1 amide bonds. The molecule has 8 heteroatoms. The molecule has 6 rings (SSSR count). The topological polar surface area (TPSA) is 67.2 Å². The number of piperazine rings is 1. The lowest BCUT2D eigenvalue weighted by Gasteiger charge is -2.34. The first kappa shape index (κ1) is 29.5. The van der Waals surface area contributed by atoms with Crippen molar-refractivity contribution < 1.29 is 4.79 Å². The zero-order valence-electron chi connectivity index (χ0n) is 25.2. The van der Waals surface area contributed by atoms with E-state index in [1.165, 1.54) is 11.3 Å². The Bertz CT molecular complexity index is 1760. The third kappa shape index (κ3) is 5.74. The van der Waals surface area contributed by atoms with E-state index in [-0.39, 0.29) is 17.0 Å². The molecule has 0 unspecified atom stereocenters. The molecular weight excluding hydrogens is 576 g/mol. The molecule has 2 aliphatic rings. The molecule has 0 atom stereocenters. The predicted octanol–water partition coefficient (Wildman–Crippen LogP) is 7.41. The molecule has 6 nitrogen and oxygen atoms in total. The van der Waals surface area contributed by atoms with Crippen LogP contribution in [-0.2, 0) is 12.8 Å². The van der Waals surface area contributed by atoms with Gasteiger partial charge in [0.15, 0.2) is 0 Å². The van der Waals surface area contributed by atoms with Gasteiger partial charge >= 0.3 is 0 Å². The van der Waals surface area contributed by atoms with Gasteiger partial charge in [0.1, 0.15) is 5.01 Å². The van der Waals surface area contributed by atoms with Gasteiger partial charge in [0, 0.05) is 41.1 Å². The van der Waals surface area contributed by atoms with E-state index in [9.17, 15) is 9.59 Å². The summed E-state index contributed by atoms with van der Waals surface area (Å²) < 4.78 is 1.80. The summed E-state index contributed by atoms with van der Waals surface area (Å²) >= 11 is 7.54. The molecule has 3 heterocycles. The summed E-state index contributed by atoms with van der Waals surface area (Å²) in [7, 11) is 0. The molecule has 1 aliphatic heterocycles. The van der Waals surface area contributed by atoms with Crippen LogP contribution in [0.1, 0.15) is 67.7 Å². The van der Waals surface area contributed by atoms with Crippen LogP contribution in [-0.4, -0.2) is 45.5 Å². The summed E-state index contributed by atoms with van der Waals surface area (Å²) in [6.07, 6.45) is 5.67. The monoisotopic (exact) mass is 612 g/mol. The van der Waals surface area contributed by atoms with Gasteiger partial charge in [0.05, 0.1) is 28.2 Å². The molecule has 1 N–H and O–H groups in total. The van der Waals surface area contributed by atoms with Crippen molar-refractivity contribution >= 4 is 34.9 Å². The highest BCUT2D eigenvalue weighted by molar-refractivity contribution is 7.13. The zero-order chi connectivity index (χ0) is 30.3. The van der Waals surface area contributed by atoms with Crippen molar-refractivity contribution in [3.63, 3.8) is 0 Å². The number of benzene rings is 2. The number of hydrogen-bond donors (Lipinski definition) is 1. The number of aromatic nitrogens is 2. The molecule has 2 aromatic carbocycles. The Hall–Kier alpha value is -3.52. The van der Waals surface area contributed by atoms with E-state index in [0.717, 1.165) is 65.9 Å². The van der Waals surface area contributed by atoms with Gasteiger partial charge in [-0.05, 0) is 74.9 Å². The van der Waals surface area contributed by atoms with Crippen LogP contribution in [0.2, 0.25) is 5.02 Å². The van der Waals surface area contributed by atoms with E-state index in [1.54, 1.807) is 10.6 Å². The van der Waals surface area contributed by atoms with Crippen molar-refractivity contribution in [2.45, 2.75) is 58.9 Å². The molecule has 4 aromatic rings. The van der Waals surface area contributed by atoms with Gasteiger partial charge in [-0.1, -0.05) is 61.4 Å². The Balaban J connectivity index is 1.61. The third-order valence-corrected chi connectivity index (χ3v) is 9.60. The average molecular weight is 613 g/mol. The number of thiazole rings is 1. The second-order valence-electron chi connectivity index (χ2n) is 11.8.